The molecule has 21 heavy (non-hydrogen) atoms. The van der Waals surface area contributed by atoms with Gasteiger partial charge in [-0.1, -0.05) is 17.7 Å². The third-order valence-corrected chi connectivity index (χ3v) is 2.81. The average molecular weight is 312 g/mol. The van der Waals surface area contributed by atoms with E-state index in [4.69, 9.17) is 11.6 Å². The number of nitrogens with one attached hydrogen (secondary N) is 1. The van der Waals surface area contributed by atoms with E-state index in [0.29, 0.717) is 0 Å². The van der Waals surface area contributed by atoms with E-state index in [2.05, 4.69) is 9.97 Å². The molecule has 2 aromatic rings. The van der Waals surface area contributed by atoms with E-state index < -0.39 is 27.9 Å². The van der Waals surface area contributed by atoms with Gasteiger partial charge in [0.25, 0.3) is 5.88 Å². The molecule has 1 heterocycles. The number of nitro groups is 1. The third kappa shape index (κ3) is 3.06. The minimum absolute atomic E-state index is 0.0552. The van der Waals surface area contributed by atoms with Gasteiger partial charge in [-0.05, 0) is 24.3 Å². The van der Waals surface area contributed by atoms with Crippen molar-refractivity contribution in [3.8, 4) is 5.88 Å². The molecule has 2 rings (SSSR count). The van der Waals surface area contributed by atoms with Gasteiger partial charge in [0.15, 0.2) is 0 Å². The molecule has 0 bridgehead atoms. The second-order valence-electron chi connectivity index (χ2n) is 3.85. The molecule has 1 aromatic carbocycles. The molecule has 1 aromatic heterocycles. The second-order valence-corrected chi connectivity index (χ2v) is 4.26. The molecule has 9 heteroatoms. The van der Waals surface area contributed by atoms with Crippen molar-refractivity contribution >= 4 is 29.4 Å². The van der Waals surface area contributed by atoms with Crippen LogP contribution in [0.15, 0.2) is 23.0 Å². The molecule has 0 atom stereocenters. The highest BCUT2D eigenvalue weighted by atomic mass is 35.5. The summed E-state index contributed by atoms with van der Waals surface area (Å²) in [6.07, 6.45) is 2.39. The predicted molar refractivity (Wildman–Crippen MR) is 73.5 cm³/mol. The molecule has 0 fully saturated rings. The summed E-state index contributed by atoms with van der Waals surface area (Å²) >= 11 is 5.80. The number of rotatable bonds is 3. The lowest BCUT2D eigenvalue weighted by atomic mass is 10.2. The van der Waals surface area contributed by atoms with Crippen molar-refractivity contribution in [3.05, 3.63) is 60.9 Å². The van der Waals surface area contributed by atoms with Gasteiger partial charge < -0.3 is 10.1 Å². The quantitative estimate of drug-likeness (QED) is 0.668. The van der Waals surface area contributed by atoms with Crippen molar-refractivity contribution < 1.29 is 14.4 Å². The first-order valence-corrected chi connectivity index (χ1v) is 5.87. The van der Waals surface area contributed by atoms with Gasteiger partial charge >= 0.3 is 11.2 Å². The molecule has 0 amide bonds. The average Bonchev–Trinajstić information content (AvgIpc) is 2.36. The van der Waals surface area contributed by atoms with Gasteiger partial charge in [-0.25, -0.2) is 4.39 Å². The van der Waals surface area contributed by atoms with E-state index in [1.165, 1.54) is 24.3 Å². The summed E-state index contributed by atoms with van der Waals surface area (Å²) in [5, 5.41) is 20.0. The highest BCUT2D eigenvalue weighted by Gasteiger charge is 2.21. The maximum absolute atomic E-state index is 13.5. The molecule has 0 aliphatic heterocycles. The zero-order valence-electron chi connectivity index (χ0n) is 10.2. The monoisotopic (exact) mass is 311 g/mol. The highest BCUT2D eigenvalue weighted by Crippen LogP contribution is 2.22. The van der Waals surface area contributed by atoms with Crippen LogP contribution in [0.1, 0.15) is 11.4 Å². The molecule has 0 aliphatic carbocycles. The van der Waals surface area contributed by atoms with E-state index in [-0.39, 0.29) is 16.4 Å². The Hall–Kier alpha value is -2.74. The summed E-state index contributed by atoms with van der Waals surface area (Å²) in [4.78, 5) is 26.4. The zero-order chi connectivity index (χ0) is 15.6. The first kappa shape index (κ1) is 14.7. The number of hydrogen-bond acceptors (Lipinski definition) is 5. The first-order valence-electron chi connectivity index (χ1n) is 5.50. The van der Waals surface area contributed by atoms with Gasteiger partial charge in [0.2, 0.25) is 0 Å². The van der Waals surface area contributed by atoms with E-state index in [1.54, 1.807) is 0 Å². The molecule has 108 valence electrons. The van der Waals surface area contributed by atoms with Gasteiger partial charge in [0, 0.05) is 5.56 Å². The maximum atomic E-state index is 13.5. The standard InChI is InChI=1S/C12H7ClFN3O4/c13-7-2-1-3-8(14)6(7)4-5-9-15-11(18)10(17(20)21)12(19)16-9/h1-5H,(H2,15,16,18,19)/b5-4+. The molecule has 0 unspecified atom stereocenters. The predicted octanol–water partition coefficient (Wildman–Crippen LogP) is 2.35. The van der Waals surface area contributed by atoms with Crippen molar-refractivity contribution in [2.24, 2.45) is 0 Å². The van der Waals surface area contributed by atoms with Crippen LogP contribution in [0.5, 0.6) is 5.88 Å². The lowest BCUT2D eigenvalue weighted by Crippen LogP contribution is -2.14. The van der Waals surface area contributed by atoms with Crippen LogP contribution in [0.3, 0.4) is 0 Å². The number of aromatic nitrogens is 2. The Morgan fingerprint density at radius 3 is 2.71 bits per heavy atom. The van der Waals surface area contributed by atoms with Crippen LogP contribution in [0.25, 0.3) is 12.2 Å². The van der Waals surface area contributed by atoms with Crippen LogP contribution in [0.4, 0.5) is 10.1 Å². The molecule has 0 radical (unpaired) electrons. The number of H-pyrrole nitrogens is 1. The summed E-state index contributed by atoms with van der Waals surface area (Å²) in [7, 11) is 0. The first-order chi connectivity index (χ1) is 9.90. The van der Waals surface area contributed by atoms with Crippen LogP contribution in [-0.2, 0) is 0 Å². The maximum Gasteiger partial charge on any atom is 0.395 e. The fraction of sp³-hybridized carbons (Fsp3) is 0. The van der Waals surface area contributed by atoms with E-state index in [0.717, 1.165) is 6.08 Å². The second kappa shape index (κ2) is 5.71. The van der Waals surface area contributed by atoms with Crippen molar-refractivity contribution in [3.63, 3.8) is 0 Å². The zero-order valence-corrected chi connectivity index (χ0v) is 11.0. The van der Waals surface area contributed by atoms with E-state index in [9.17, 15) is 24.4 Å². The number of aromatic amines is 1. The van der Waals surface area contributed by atoms with Crippen molar-refractivity contribution in [1.29, 1.82) is 0 Å². The van der Waals surface area contributed by atoms with Crippen LogP contribution in [0, 0.1) is 15.9 Å². The molecular weight excluding hydrogens is 305 g/mol. The Kier molecular flexibility index (Phi) is 3.99. The fourth-order valence-electron chi connectivity index (χ4n) is 1.55. The van der Waals surface area contributed by atoms with Crippen LogP contribution < -0.4 is 5.56 Å². The number of aromatic hydroxyl groups is 1. The molecule has 0 saturated carbocycles. The minimum Gasteiger partial charge on any atom is -0.488 e. The van der Waals surface area contributed by atoms with Crippen LogP contribution >= 0.6 is 11.6 Å². The van der Waals surface area contributed by atoms with Gasteiger partial charge in [-0.3, -0.25) is 14.9 Å². The molecule has 0 aliphatic rings. The smallest absolute Gasteiger partial charge is 0.395 e. The number of halogens is 2. The summed E-state index contributed by atoms with van der Waals surface area (Å²) in [6.45, 7) is 0. The Morgan fingerprint density at radius 2 is 2.14 bits per heavy atom. The number of hydrogen-bond donors (Lipinski definition) is 2. The summed E-state index contributed by atoms with van der Waals surface area (Å²) in [6, 6.07) is 4.08. The summed E-state index contributed by atoms with van der Waals surface area (Å²) < 4.78 is 13.5. The summed E-state index contributed by atoms with van der Waals surface area (Å²) in [5.74, 6) is -1.79. The Balaban J connectivity index is 2.43. The van der Waals surface area contributed by atoms with Crippen LogP contribution in [0.2, 0.25) is 5.02 Å². The van der Waals surface area contributed by atoms with Gasteiger partial charge in [-0.15, -0.1) is 0 Å². The van der Waals surface area contributed by atoms with Gasteiger partial charge in [0.05, 0.1) is 9.95 Å². The highest BCUT2D eigenvalue weighted by molar-refractivity contribution is 6.32. The molecule has 0 spiro atoms. The number of benzene rings is 1. The fourth-order valence-corrected chi connectivity index (χ4v) is 1.77. The van der Waals surface area contributed by atoms with Crippen molar-refractivity contribution in [2.75, 3.05) is 0 Å². The molecular formula is C12H7ClFN3O4. The Bertz CT molecular complexity index is 783. The third-order valence-electron chi connectivity index (χ3n) is 2.48. The van der Waals surface area contributed by atoms with E-state index in [1.807, 2.05) is 0 Å². The molecule has 2 N–H and O–H groups in total. The minimum atomic E-state index is -1.12. The SMILES string of the molecule is O=c1[nH]c(/C=C/c2c(F)cccc2Cl)nc(O)c1[N+](=O)[O-]. The Labute approximate surface area is 121 Å². The topological polar surface area (TPSA) is 109 Å². The lowest BCUT2D eigenvalue weighted by molar-refractivity contribution is -0.387. The Morgan fingerprint density at radius 1 is 1.43 bits per heavy atom. The largest absolute Gasteiger partial charge is 0.488 e. The van der Waals surface area contributed by atoms with Gasteiger partial charge in [-0.2, -0.15) is 4.98 Å². The lowest BCUT2D eigenvalue weighted by Gasteiger charge is -2.00. The van der Waals surface area contributed by atoms with Crippen molar-refractivity contribution in [1.82, 2.24) is 9.97 Å². The van der Waals surface area contributed by atoms with E-state index >= 15 is 0 Å². The summed E-state index contributed by atoms with van der Waals surface area (Å²) in [5.41, 5.74) is -2.12. The molecule has 0 saturated heterocycles. The molecule has 7 nitrogen and oxygen atoms in total. The van der Waals surface area contributed by atoms with Crippen molar-refractivity contribution in [2.45, 2.75) is 0 Å². The number of nitrogens with zero attached hydrogens (tertiary/aromatic N) is 2. The van der Waals surface area contributed by atoms with Crippen LogP contribution in [-0.4, -0.2) is 20.0 Å². The normalized spacial score (nSPS) is 11.0. The van der Waals surface area contributed by atoms with Gasteiger partial charge in [0.1, 0.15) is 11.6 Å².